The van der Waals surface area contributed by atoms with Crippen LogP contribution in [-0.4, -0.2) is 40.7 Å². The van der Waals surface area contributed by atoms with E-state index in [4.69, 9.17) is 4.74 Å². The lowest BCUT2D eigenvalue weighted by Crippen LogP contribution is -2.48. The number of carbonyl (C=O) groups excluding carboxylic acids is 2. The number of halogens is 2. The highest BCUT2D eigenvalue weighted by molar-refractivity contribution is 8.21. The molecule has 3 atom stereocenters. The van der Waals surface area contributed by atoms with Gasteiger partial charge in [0.15, 0.2) is 6.61 Å². The molecule has 1 aromatic carbocycles. The Morgan fingerprint density at radius 3 is 2.47 bits per heavy atom. The highest BCUT2D eigenvalue weighted by Gasteiger charge is 2.55. The largest absolute Gasteiger partial charge is 0.455 e. The molecule has 2 bridgehead atoms. The molecule has 5 nitrogen and oxygen atoms in total. The van der Waals surface area contributed by atoms with E-state index >= 15 is 0 Å². The lowest BCUT2D eigenvalue weighted by Gasteiger charge is -2.51. The average molecular weight is 458 g/mol. The molecule has 2 aliphatic carbocycles. The van der Waals surface area contributed by atoms with Crippen molar-refractivity contribution in [1.82, 2.24) is 0 Å². The first-order chi connectivity index (χ1) is 14.5. The summed E-state index contributed by atoms with van der Waals surface area (Å²) in [4.78, 5) is 24.9. The Morgan fingerprint density at radius 2 is 1.80 bits per heavy atom. The number of amides is 1. The number of anilines is 1. The minimum atomic E-state index is -2.99. The Kier molecular flexibility index (Phi) is 6.77. The summed E-state index contributed by atoms with van der Waals surface area (Å²) in [5.41, 5.74) is 0.114. The van der Waals surface area contributed by atoms with Crippen molar-refractivity contribution in [3.05, 3.63) is 24.3 Å². The maximum atomic E-state index is 12.7. The molecular formula is C21H25F2NO4S2. The van der Waals surface area contributed by atoms with Gasteiger partial charge in [-0.05, 0) is 49.7 Å². The first-order valence-electron chi connectivity index (χ1n) is 10.3. The van der Waals surface area contributed by atoms with Gasteiger partial charge in [0.2, 0.25) is 0 Å². The number of esters is 1. The van der Waals surface area contributed by atoms with Crippen molar-refractivity contribution in [2.75, 3.05) is 23.4 Å². The zero-order valence-electron chi connectivity index (χ0n) is 16.5. The van der Waals surface area contributed by atoms with Gasteiger partial charge in [-0.25, -0.2) is 0 Å². The number of thioether (sulfide) groups is 2. The molecular weight excluding hydrogens is 432 g/mol. The van der Waals surface area contributed by atoms with Gasteiger partial charge in [-0.1, -0.05) is 18.6 Å². The van der Waals surface area contributed by atoms with Gasteiger partial charge in [-0.2, -0.15) is 8.78 Å². The number of carbonyl (C=O) groups is 2. The maximum absolute atomic E-state index is 12.7. The fraction of sp³-hybridized carbons (Fsp3) is 0.619. The Labute approximate surface area is 183 Å². The topological polar surface area (TPSA) is 64.6 Å². The quantitative estimate of drug-likeness (QED) is 0.621. The number of ether oxygens (including phenoxy) is 2. The van der Waals surface area contributed by atoms with Crippen molar-refractivity contribution in [2.45, 2.75) is 42.8 Å². The van der Waals surface area contributed by atoms with Gasteiger partial charge in [-0.3, -0.25) is 9.59 Å². The molecule has 1 saturated heterocycles. The van der Waals surface area contributed by atoms with Crippen LogP contribution in [-0.2, 0) is 14.3 Å². The van der Waals surface area contributed by atoms with E-state index in [1.54, 1.807) is 6.07 Å². The number of para-hydroxylation sites is 2. The van der Waals surface area contributed by atoms with E-state index in [0.29, 0.717) is 11.8 Å². The van der Waals surface area contributed by atoms with Crippen LogP contribution in [0.1, 0.15) is 32.1 Å². The molecule has 3 aliphatic rings. The van der Waals surface area contributed by atoms with Gasteiger partial charge in [0.1, 0.15) is 5.75 Å². The predicted octanol–water partition coefficient (Wildman–Crippen LogP) is 4.77. The molecule has 30 heavy (non-hydrogen) atoms. The van der Waals surface area contributed by atoms with Crippen molar-refractivity contribution >= 4 is 41.1 Å². The molecule has 9 heteroatoms. The SMILES string of the molecule is O=C(COC(=O)C1C[C@H]2CCC[C@@H](C1)C21SCCS1)Nc1ccccc1OC(F)F. The van der Waals surface area contributed by atoms with E-state index in [0.717, 1.165) is 25.7 Å². The molecule has 1 unspecified atom stereocenters. The third-order valence-electron chi connectivity index (χ3n) is 6.18. The zero-order valence-corrected chi connectivity index (χ0v) is 18.1. The predicted molar refractivity (Wildman–Crippen MR) is 114 cm³/mol. The summed E-state index contributed by atoms with van der Waals surface area (Å²) >= 11 is 4.16. The number of alkyl halides is 2. The van der Waals surface area contributed by atoms with Crippen LogP contribution in [0.4, 0.5) is 14.5 Å². The number of hydrogen-bond donors (Lipinski definition) is 1. The molecule has 0 aromatic heterocycles. The number of rotatable bonds is 6. The van der Waals surface area contributed by atoms with Crippen LogP contribution in [0.3, 0.4) is 0 Å². The Morgan fingerprint density at radius 1 is 1.13 bits per heavy atom. The minimum absolute atomic E-state index is 0.114. The summed E-state index contributed by atoms with van der Waals surface area (Å²) in [5.74, 6) is 2.19. The summed E-state index contributed by atoms with van der Waals surface area (Å²) in [5, 5.41) is 2.47. The fourth-order valence-corrected chi connectivity index (χ4v) is 8.95. The van der Waals surface area contributed by atoms with Gasteiger partial charge < -0.3 is 14.8 Å². The fourth-order valence-electron chi connectivity index (χ4n) is 5.01. The van der Waals surface area contributed by atoms with Crippen LogP contribution < -0.4 is 10.1 Å². The summed E-state index contributed by atoms with van der Waals surface area (Å²) in [6.45, 7) is -3.44. The summed E-state index contributed by atoms with van der Waals surface area (Å²) in [6.07, 6.45) is 5.18. The number of hydrogen-bond acceptors (Lipinski definition) is 6. The van der Waals surface area contributed by atoms with E-state index in [1.807, 2.05) is 0 Å². The zero-order chi connectivity index (χ0) is 21.1. The van der Waals surface area contributed by atoms with E-state index in [-0.39, 0.29) is 27.4 Å². The lowest BCUT2D eigenvalue weighted by molar-refractivity contribution is -0.154. The highest BCUT2D eigenvalue weighted by Crippen LogP contribution is 2.64. The second-order valence-corrected chi connectivity index (χ2v) is 10.9. The van der Waals surface area contributed by atoms with Crippen LogP contribution in [0, 0.1) is 17.8 Å². The van der Waals surface area contributed by atoms with Gasteiger partial charge in [0.05, 0.1) is 15.7 Å². The van der Waals surface area contributed by atoms with Crippen molar-refractivity contribution in [1.29, 1.82) is 0 Å². The number of benzene rings is 1. The van der Waals surface area contributed by atoms with Gasteiger partial charge in [0, 0.05) is 11.5 Å². The summed E-state index contributed by atoms with van der Waals surface area (Å²) in [7, 11) is 0. The average Bonchev–Trinajstić information content (AvgIpc) is 3.16. The Hall–Kier alpha value is -1.48. The molecule has 1 N–H and O–H groups in total. The van der Waals surface area contributed by atoms with Crippen LogP contribution in [0.15, 0.2) is 24.3 Å². The van der Waals surface area contributed by atoms with E-state index in [1.165, 1.54) is 36.1 Å². The molecule has 1 spiro atoms. The van der Waals surface area contributed by atoms with Crippen LogP contribution in [0.5, 0.6) is 5.75 Å². The van der Waals surface area contributed by atoms with Crippen LogP contribution in [0.25, 0.3) is 0 Å². The minimum Gasteiger partial charge on any atom is -0.455 e. The van der Waals surface area contributed by atoms with Crippen molar-refractivity contribution in [2.24, 2.45) is 17.8 Å². The number of nitrogens with one attached hydrogen (secondary N) is 1. The monoisotopic (exact) mass is 457 g/mol. The lowest BCUT2D eigenvalue weighted by atomic mass is 9.67. The van der Waals surface area contributed by atoms with Gasteiger partial charge >= 0.3 is 12.6 Å². The second-order valence-electron chi connectivity index (χ2n) is 7.94. The Balaban J connectivity index is 1.31. The molecule has 164 valence electrons. The van der Waals surface area contributed by atoms with Crippen molar-refractivity contribution in [3.8, 4) is 5.75 Å². The van der Waals surface area contributed by atoms with E-state index in [2.05, 4.69) is 33.6 Å². The maximum Gasteiger partial charge on any atom is 0.387 e. The molecule has 0 radical (unpaired) electrons. The van der Waals surface area contributed by atoms with Gasteiger partial charge in [0.25, 0.3) is 5.91 Å². The first-order valence-corrected chi connectivity index (χ1v) is 12.2. The van der Waals surface area contributed by atoms with Crippen molar-refractivity contribution in [3.63, 3.8) is 0 Å². The first kappa shape index (κ1) is 21.7. The van der Waals surface area contributed by atoms with Crippen LogP contribution >= 0.6 is 23.5 Å². The molecule has 1 amide bonds. The smallest absolute Gasteiger partial charge is 0.387 e. The molecule has 1 heterocycles. The van der Waals surface area contributed by atoms with E-state index in [9.17, 15) is 18.4 Å². The molecule has 3 fully saturated rings. The summed E-state index contributed by atoms with van der Waals surface area (Å²) in [6, 6.07) is 5.91. The third kappa shape index (κ3) is 4.56. The van der Waals surface area contributed by atoms with Gasteiger partial charge in [-0.15, -0.1) is 23.5 Å². The molecule has 1 aliphatic heterocycles. The van der Waals surface area contributed by atoms with E-state index < -0.39 is 19.1 Å². The van der Waals surface area contributed by atoms with Crippen molar-refractivity contribution < 1.29 is 27.8 Å². The summed E-state index contributed by atoms with van der Waals surface area (Å²) < 4.78 is 35.0. The normalized spacial score (nSPS) is 27.1. The Bertz CT molecular complexity index is 772. The van der Waals surface area contributed by atoms with Crippen LogP contribution in [0.2, 0.25) is 0 Å². The molecule has 4 rings (SSSR count). The third-order valence-corrected chi connectivity index (χ3v) is 10.2. The molecule has 2 saturated carbocycles. The molecule has 1 aromatic rings. The highest BCUT2D eigenvalue weighted by atomic mass is 32.2. The standard InChI is InChI=1S/C21H25F2NO4S2/c22-20(23)28-17-7-2-1-6-16(17)24-18(25)12-27-19(26)13-10-14-4-3-5-15(11-13)21(14)29-8-9-30-21/h1-2,6-7,13-15,20H,3-5,8-12H2,(H,24,25)/t13?,14-,15+. The second kappa shape index (κ2) is 9.34.